The Bertz CT molecular complexity index is 1080. The van der Waals surface area contributed by atoms with E-state index in [0.29, 0.717) is 17.4 Å². The number of carbonyl (C=O) groups excluding carboxylic acids is 2. The Morgan fingerprint density at radius 1 is 0.564 bits per heavy atom. The molecule has 2 unspecified atom stereocenters. The Hall–Kier alpha value is -2.03. The number of ether oxygens (including phenoxy) is 2. The quantitative estimate of drug-likeness (QED) is 0.0215. The zero-order valence-corrected chi connectivity index (χ0v) is 36.8. The van der Waals surface area contributed by atoms with Crippen LogP contribution in [0.15, 0.2) is 48.6 Å². The number of hydrogen-bond acceptors (Lipinski definition) is 7. The lowest BCUT2D eigenvalue weighted by atomic mass is 10.1. The fraction of sp³-hybridized carbons (Fsp3) is 0.778. The zero-order valence-electron chi connectivity index (χ0n) is 35.9. The van der Waals surface area contributed by atoms with Gasteiger partial charge >= 0.3 is 19.8 Å². The topological polar surface area (TPSA) is 108 Å². The normalized spacial score (nSPS) is 14.1. The standard InChI is InChI=1S/C45H82NO8P/c1-6-8-10-12-14-16-18-20-22-23-24-26-28-30-32-34-36-38-45(48)54-43(42-53-55(49,50)52-40-39-46(3,4)5)41-51-44(47)37-35-33-31-29-27-25-21-19-17-15-13-11-9-7-2/h13-16,19-22,43H,6-12,17-18,23-42H2,1-5H3/p+1/b15-13-,16-14-,21-19-,22-20-. The molecular formula is C45H83NO8P+. The highest BCUT2D eigenvalue weighted by atomic mass is 31.2. The van der Waals surface area contributed by atoms with E-state index in [2.05, 4.69) is 62.5 Å². The van der Waals surface area contributed by atoms with E-state index in [9.17, 15) is 19.0 Å². The Balaban J connectivity index is 4.40. The van der Waals surface area contributed by atoms with Gasteiger partial charge in [-0.05, 0) is 70.6 Å². The molecule has 0 heterocycles. The molecule has 0 aromatic heterocycles. The predicted molar refractivity (Wildman–Crippen MR) is 229 cm³/mol. The van der Waals surface area contributed by atoms with Gasteiger partial charge in [0, 0.05) is 12.8 Å². The van der Waals surface area contributed by atoms with Gasteiger partial charge in [0.2, 0.25) is 0 Å². The Morgan fingerprint density at radius 2 is 1.00 bits per heavy atom. The molecule has 10 heteroatoms. The van der Waals surface area contributed by atoms with Crippen LogP contribution in [0.25, 0.3) is 0 Å². The van der Waals surface area contributed by atoms with Crippen molar-refractivity contribution in [3.05, 3.63) is 48.6 Å². The summed E-state index contributed by atoms with van der Waals surface area (Å²) in [6.45, 7) is 4.32. The number of nitrogens with zero attached hydrogens (tertiary/aromatic N) is 1. The van der Waals surface area contributed by atoms with Crippen LogP contribution in [-0.4, -0.2) is 74.9 Å². The molecule has 2 atom stereocenters. The minimum atomic E-state index is -4.38. The first kappa shape index (κ1) is 53.0. The third kappa shape index (κ3) is 41.4. The SMILES string of the molecule is CCCC/C=C\C/C=C\CCCCCCCC(=O)OCC(COP(=O)(O)OCC[N+](C)(C)C)OC(=O)CCCCCCCCC/C=C\C/C=C\CCCCC. The minimum absolute atomic E-state index is 0.0262. The third-order valence-corrected chi connectivity index (χ3v) is 10.1. The first-order chi connectivity index (χ1) is 26.5. The molecule has 0 saturated carbocycles. The molecule has 0 aromatic rings. The summed E-state index contributed by atoms with van der Waals surface area (Å²) in [6, 6.07) is 0. The first-order valence-electron chi connectivity index (χ1n) is 21.9. The molecule has 1 N–H and O–H groups in total. The number of esters is 2. The molecule has 0 rings (SSSR count). The number of likely N-dealkylation sites (N-methyl/N-ethyl adjacent to an activating group) is 1. The lowest BCUT2D eigenvalue weighted by molar-refractivity contribution is -0.870. The Morgan fingerprint density at radius 3 is 1.49 bits per heavy atom. The largest absolute Gasteiger partial charge is 0.472 e. The molecule has 0 aliphatic heterocycles. The molecule has 0 aromatic carbocycles. The van der Waals surface area contributed by atoms with Crippen molar-refractivity contribution in [3.63, 3.8) is 0 Å². The van der Waals surface area contributed by atoms with E-state index >= 15 is 0 Å². The highest BCUT2D eigenvalue weighted by Crippen LogP contribution is 2.43. The van der Waals surface area contributed by atoms with Crippen molar-refractivity contribution in [2.45, 2.75) is 180 Å². The summed E-state index contributed by atoms with van der Waals surface area (Å²) in [6.07, 6.45) is 42.9. The summed E-state index contributed by atoms with van der Waals surface area (Å²) in [5.41, 5.74) is 0. The van der Waals surface area contributed by atoms with Crippen LogP contribution in [-0.2, 0) is 32.7 Å². The molecule has 55 heavy (non-hydrogen) atoms. The van der Waals surface area contributed by atoms with Crippen LogP contribution in [0.5, 0.6) is 0 Å². The van der Waals surface area contributed by atoms with Crippen molar-refractivity contribution < 1.29 is 42.1 Å². The maximum Gasteiger partial charge on any atom is 0.472 e. The van der Waals surface area contributed by atoms with Crippen LogP contribution in [0.2, 0.25) is 0 Å². The first-order valence-corrected chi connectivity index (χ1v) is 23.4. The molecule has 0 spiro atoms. The predicted octanol–water partition coefficient (Wildman–Crippen LogP) is 12.3. The fourth-order valence-corrected chi connectivity index (χ4v) is 6.33. The van der Waals surface area contributed by atoms with Crippen LogP contribution in [0.3, 0.4) is 0 Å². The van der Waals surface area contributed by atoms with Crippen LogP contribution >= 0.6 is 7.82 Å². The highest BCUT2D eigenvalue weighted by molar-refractivity contribution is 7.47. The number of phosphoric ester groups is 1. The molecule has 0 radical (unpaired) electrons. The van der Waals surface area contributed by atoms with Crippen LogP contribution in [0.1, 0.15) is 174 Å². The van der Waals surface area contributed by atoms with E-state index in [0.717, 1.165) is 83.5 Å². The van der Waals surface area contributed by atoms with Gasteiger partial charge in [0.25, 0.3) is 0 Å². The Labute approximate surface area is 337 Å². The van der Waals surface area contributed by atoms with Gasteiger partial charge < -0.3 is 18.9 Å². The van der Waals surface area contributed by atoms with Crippen LogP contribution < -0.4 is 0 Å². The maximum atomic E-state index is 12.7. The van der Waals surface area contributed by atoms with Gasteiger partial charge in [0.1, 0.15) is 19.8 Å². The van der Waals surface area contributed by atoms with Crippen LogP contribution in [0, 0.1) is 0 Å². The van der Waals surface area contributed by atoms with Gasteiger partial charge in [-0.3, -0.25) is 18.6 Å². The van der Waals surface area contributed by atoms with Crippen molar-refractivity contribution in [3.8, 4) is 0 Å². The molecular weight excluding hydrogens is 713 g/mol. The van der Waals surface area contributed by atoms with Crippen molar-refractivity contribution >= 4 is 19.8 Å². The van der Waals surface area contributed by atoms with Crippen molar-refractivity contribution in [1.29, 1.82) is 0 Å². The molecule has 0 aliphatic rings. The molecule has 0 bridgehead atoms. The summed E-state index contributed by atoms with van der Waals surface area (Å²) in [5.74, 6) is -0.826. The monoisotopic (exact) mass is 797 g/mol. The summed E-state index contributed by atoms with van der Waals surface area (Å²) >= 11 is 0. The van der Waals surface area contributed by atoms with Crippen molar-refractivity contribution in [1.82, 2.24) is 0 Å². The van der Waals surface area contributed by atoms with Gasteiger partial charge in [-0.1, -0.05) is 140 Å². The van der Waals surface area contributed by atoms with E-state index in [4.69, 9.17) is 18.5 Å². The smallest absolute Gasteiger partial charge is 0.462 e. The Kier molecular flexibility index (Phi) is 36.2. The number of allylic oxidation sites excluding steroid dienone is 8. The maximum absolute atomic E-state index is 12.7. The van der Waals surface area contributed by atoms with Crippen molar-refractivity contribution in [2.24, 2.45) is 0 Å². The number of phosphoric acid groups is 1. The lowest BCUT2D eigenvalue weighted by Gasteiger charge is -2.24. The van der Waals surface area contributed by atoms with E-state index in [1.807, 2.05) is 21.1 Å². The van der Waals surface area contributed by atoms with Gasteiger partial charge in [0.15, 0.2) is 6.10 Å². The molecule has 0 fully saturated rings. The summed E-state index contributed by atoms with van der Waals surface area (Å²) in [7, 11) is 1.46. The average molecular weight is 797 g/mol. The molecule has 9 nitrogen and oxygen atoms in total. The average Bonchev–Trinajstić information content (AvgIpc) is 3.13. The van der Waals surface area contributed by atoms with E-state index in [-0.39, 0.29) is 32.0 Å². The number of carbonyl (C=O) groups is 2. The third-order valence-electron chi connectivity index (χ3n) is 9.08. The van der Waals surface area contributed by atoms with Gasteiger partial charge in [-0.2, -0.15) is 0 Å². The number of hydrogen-bond donors (Lipinski definition) is 1. The van der Waals surface area contributed by atoms with Crippen LogP contribution in [0.4, 0.5) is 0 Å². The fourth-order valence-electron chi connectivity index (χ4n) is 5.59. The number of quaternary nitrogens is 1. The second kappa shape index (κ2) is 37.5. The van der Waals surface area contributed by atoms with Gasteiger partial charge in [-0.15, -0.1) is 0 Å². The highest BCUT2D eigenvalue weighted by Gasteiger charge is 2.27. The summed E-state index contributed by atoms with van der Waals surface area (Å²) in [5, 5.41) is 0. The molecule has 0 aliphatic carbocycles. The van der Waals surface area contributed by atoms with E-state index < -0.39 is 26.5 Å². The number of unbranched alkanes of at least 4 members (excludes halogenated alkanes) is 17. The van der Waals surface area contributed by atoms with E-state index in [1.54, 1.807) is 0 Å². The van der Waals surface area contributed by atoms with E-state index in [1.165, 1.54) is 57.8 Å². The summed E-state index contributed by atoms with van der Waals surface area (Å²) < 4.78 is 34.3. The lowest BCUT2D eigenvalue weighted by Crippen LogP contribution is -2.37. The molecule has 0 saturated heterocycles. The second-order valence-corrected chi connectivity index (χ2v) is 17.2. The van der Waals surface area contributed by atoms with Gasteiger partial charge in [-0.25, -0.2) is 4.57 Å². The molecule has 0 amide bonds. The molecule has 320 valence electrons. The van der Waals surface area contributed by atoms with Gasteiger partial charge in [0.05, 0.1) is 27.7 Å². The second-order valence-electron chi connectivity index (χ2n) is 15.7. The zero-order chi connectivity index (χ0) is 40.7. The summed E-state index contributed by atoms with van der Waals surface area (Å²) in [4.78, 5) is 35.3. The van der Waals surface area contributed by atoms with Crippen molar-refractivity contribution in [2.75, 3.05) is 47.5 Å². The number of rotatable bonds is 39. The minimum Gasteiger partial charge on any atom is -0.462 e.